The summed E-state index contributed by atoms with van der Waals surface area (Å²) in [4.78, 5) is 2.38. The normalized spacial score (nSPS) is 13.1. The molecule has 1 unspecified atom stereocenters. The fourth-order valence-corrected chi connectivity index (χ4v) is 2.04. The van der Waals surface area contributed by atoms with E-state index >= 15 is 0 Å². The Bertz CT molecular complexity index is 335. The Kier molecular flexibility index (Phi) is 6.16. The molecular formula is C15H26N2O. The van der Waals surface area contributed by atoms with Crippen molar-refractivity contribution in [3.8, 4) is 5.75 Å². The first-order valence-corrected chi connectivity index (χ1v) is 6.80. The smallest absolute Gasteiger partial charge is 0.119 e. The van der Waals surface area contributed by atoms with Crippen LogP contribution in [0.5, 0.6) is 5.75 Å². The summed E-state index contributed by atoms with van der Waals surface area (Å²) in [6.07, 6.45) is 0. The van der Waals surface area contributed by atoms with Gasteiger partial charge in [0.15, 0.2) is 0 Å². The van der Waals surface area contributed by atoms with Gasteiger partial charge in [-0.15, -0.1) is 0 Å². The first-order valence-electron chi connectivity index (χ1n) is 6.80. The molecule has 0 fully saturated rings. The third-order valence-corrected chi connectivity index (χ3v) is 3.19. The van der Waals surface area contributed by atoms with Crippen LogP contribution in [-0.4, -0.2) is 30.6 Å². The van der Waals surface area contributed by atoms with E-state index in [4.69, 9.17) is 10.5 Å². The zero-order chi connectivity index (χ0) is 13.5. The number of benzene rings is 1. The minimum absolute atomic E-state index is 0.0584. The number of nitrogens with zero attached hydrogens (tertiary/aromatic N) is 1. The summed E-state index contributed by atoms with van der Waals surface area (Å²) in [5.41, 5.74) is 7.42. The highest BCUT2D eigenvalue weighted by atomic mass is 16.5. The van der Waals surface area contributed by atoms with E-state index < -0.39 is 0 Å². The molecule has 0 saturated carbocycles. The van der Waals surface area contributed by atoms with Gasteiger partial charge in [-0.05, 0) is 45.0 Å². The van der Waals surface area contributed by atoms with Gasteiger partial charge in [-0.25, -0.2) is 0 Å². The number of hydrogen-bond acceptors (Lipinski definition) is 3. The van der Waals surface area contributed by atoms with Crippen molar-refractivity contribution in [1.82, 2.24) is 4.90 Å². The lowest BCUT2D eigenvalue weighted by Crippen LogP contribution is -2.36. The van der Waals surface area contributed by atoms with E-state index in [2.05, 4.69) is 37.8 Å². The van der Waals surface area contributed by atoms with Gasteiger partial charge in [-0.1, -0.05) is 19.1 Å². The summed E-state index contributed by atoms with van der Waals surface area (Å²) in [6.45, 7) is 11.2. The summed E-state index contributed by atoms with van der Waals surface area (Å²) in [5.74, 6) is 0.907. The van der Waals surface area contributed by atoms with Crippen LogP contribution in [0.2, 0.25) is 0 Å². The third kappa shape index (κ3) is 4.31. The molecular weight excluding hydrogens is 224 g/mol. The summed E-state index contributed by atoms with van der Waals surface area (Å²) < 4.78 is 5.43. The molecule has 0 heterocycles. The molecule has 0 spiro atoms. The van der Waals surface area contributed by atoms with Gasteiger partial charge in [0.05, 0.1) is 6.61 Å². The Morgan fingerprint density at radius 3 is 2.22 bits per heavy atom. The zero-order valence-electron chi connectivity index (χ0n) is 12.0. The van der Waals surface area contributed by atoms with Gasteiger partial charge < -0.3 is 10.5 Å². The molecule has 0 radical (unpaired) electrons. The fraction of sp³-hybridized carbons (Fsp3) is 0.600. The van der Waals surface area contributed by atoms with Crippen LogP contribution in [0.1, 0.15) is 39.3 Å². The molecule has 0 bridgehead atoms. The van der Waals surface area contributed by atoms with Crippen LogP contribution in [0.15, 0.2) is 24.3 Å². The number of rotatable bonds is 7. The van der Waals surface area contributed by atoms with Crippen LogP contribution in [0.25, 0.3) is 0 Å². The highest BCUT2D eigenvalue weighted by Gasteiger charge is 2.13. The lowest BCUT2D eigenvalue weighted by atomic mass is 10.1. The van der Waals surface area contributed by atoms with Crippen LogP contribution in [0, 0.1) is 0 Å². The Morgan fingerprint density at radius 1 is 1.17 bits per heavy atom. The predicted octanol–water partition coefficient (Wildman–Crippen LogP) is 2.82. The molecule has 102 valence electrons. The second kappa shape index (κ2) is 7.39. The lowest BCUT2D eigenvalue weighted by molar-refractivity contribution is 0.220. The van der Waals surface area contributed by atoms with Crippen LogP contribution >= 0.6 is 0 Å². The highest BCUT2D eigenvalue weighted by Crippen LogP contribution is 2.17. The van der Waals surface area contributed by atoms with E-state index in [1.165, 1.54) is 0 Å². The van der Waals surface area contributed by atoms with Crippen molar-refractivity contribution in [2.75, 3.05) is 19.7 Å². The Balaban J connectivity index is 2.63. The Morgan fingerprint density at radius 2 is 1.78 bits per heavy atom. The summed E-state index contributed by atoms with van der Waals surface area (Å²) >= 11 is 0. The van der Waals surface area contributed by atoms with Crippen LogP contribution in [-0.2, 0) is 0 Å². The van der Waals surface area contributed by atoms with Gasteiger partial charge in [-0.3, -0.25) is 4.90 Å². The maximum Gasteiger partial charge on any atom is 0.119 e. The van der Waals surface area contributed by atoms with E-state index in [9.17, 15) is 0 Å². The molecule has 0 saturated heterocycles. The molecule has 0 aliphatic heterocycles. The quantitative estimate of drug-likeness (QED) is 0.808. The van der Waals surface area contributed by atoms with Gasteiger partial charge in [0, 0.05) is 18.6 Å². The van der Waals surface area contributed by atoms with Crippen molar-refractivity contribution in [3.05, 3.63) is 29.8 Å². The molecule has 3 nitrogen and oxygen atoms in total. The van der Waals surface area contributed by atoms with E-state index in [-0.39, 0.29) is 6.04 Å². The maximum atomic E-state index is 6.25. The van der Waals surface area contributed by atoms with Gasteiger partial charge in [0.1, 0.15) is 5.75 Å². The van der Waals surface area contributed by atoms with Crippen molar-refractivity contribution < 1.29 is 4.74 Å². The molecule has 18 heavy (non-hydrogen) atoms. The molecule has 1 rings (SSSR count). The fourth-order valence-electron chi connectivity index (χ4n) is 2.04. The van der Waals surface area contributed by atoms with Gasteiger partial charge in [0.2, 0.25) is 0 Å². The van der Waals surface area contributed by atoms with E-state index in [1.54, 1.807) is 0 Å². The van der Waals surface area contributed by atoms with Crippen molar-refractivity contribution in [1.29, 1.82) is 0 Å². The van der Waals surface area contributed by atoms with E-state index in [1.807, 2.05) is 19.1 Å². The number of likely N-dealkylation sites (N-methyl/N-ethyl adjacent to an activating group) is 1. The Labute approximate surface area is 111 Å². The monoisotopic (exact) mass is 250 g/mol. The van der Waals surface area contributed by atoms with Crippen LogP contribution in [0.3, 0.4) is 0 Å². The predicted molar refractivity (Wildman–Crippen MR) is 76.9 cm³/mol. The van der Waals surface area contributed by atoms with Crippen molar-refractivity contribution >= 4 is 0 Å². The first-order chi connectivity index (χ1) is 8.58. The summed E-state index contributed by atoms with van der Waals surface area (Å²) in [6, 6.07) is 8.69. The lowest BCUT2D eigenvalue weighted by Gasteiger charge is -2.28. The average Bonchev–Trinajstić information content (AvgIpc) is 2.36. The number of ether oxygens (including phenoxy) is 1. The van der Waals surface area contributed by atoms with Crippen molar-refractivity contribution in [2.45, 2.75) is 39.8 Å². The Hall–Kier alpha value is -1.06. The molecule has 1 aromatic carbocycles. The maximum absolute atomic E-state index is 6.25. The minimum atomic E-state index is 0.0584. The molecule has 0 aliphatic carbocycles. The molecule has 2 N–H and O–H groups in total. The highest BCUT2D eigenvalue weighted by molar-refractivity contribution is 5.29. The standard InChI is InChI=1S/C15H26N2O/c1-5-17(12(3)4)11-15(16)13-7-9-14(10-8-13)18-6-2/h7-10,12,15H,5-6,11,16H2,1-4H3. The third-order valence-electron chi connectivity index (χ3n) is 3.19. The molecule has 0 aromatic heterocycles. The molecule has 1 aromatic rings. The van der Waals surface area contributed by atoms with E-state index in [0.717, 1.165) is 24.4 Å². The molecule has 0 aliphatic rings. The zero-order valence-corrected chi connectivity index (χ0v) is 12.0. The van der Waals surface area contributed by atoms with Crippen LogP contribution < -0.4 is 10.5 Å². The number of nitrogens with two attached hydrogens (primary N) is 1. The largest absolute Gasteiger partial charge is 0.494 e. The summed E-state index contributed by atoms with van der Waals surface area (Å²) in [5, 5.41) is 0. The number of hydrogen-bond donors (Lipinski definition) is 1. The second-order valence-electron chi connectivity index (χ2n) is 4.79. The van der Waals surface area contributed by atoms with E-state index in [0.29, 0.717) is 12.6 Å². The van der Waals surface area contributed by atoms with Crippen molar-refractivity contribution in [3.63, 3.8) is 0 Å². The van der Waals surface area contributed by atoms with Gasteiger partial charge in [0.25, 0.3) is 0 Å². The average molecular weight is 250 g/mol. The SMILES string of the molecule is CCOc1ccc(C(N)CN(CC)C(C)C)cc1. The first kappa shape index (κ1) is 15.0. The molecule has 0 amide bonds. The minimum Gasteiger partial charge on any atom is -0.494 e. The van der Waals surface area contributed by atoms with Gasteiger partial charge in [-0.2, -0.15) is 0 Å². The second-order valence-corrected chi connectivity index (χ2v) is 4.79. The van der Waals surface area contributed by atoms with Gasteiger partial charge >= 0.3 is 0 Å². The molecule has 1 atom stereocenters. The van der Waals surface area contributed by atoms with Crippen LogP contribution in [0.4, 0.5) is 0 Å². The summed E-state index contributed by atoms with van der Waals surface area (Å²) in [7, 11) is 0. The topological polar surface area (TPSA) is 38.5 Å². The van der Waals surface area contributed by atoms with Crippen molar-refractivity contribution in [2.24, 2.45) is 5.73 Å². The molecule has 3 heteroatoms.